The van der Waals surface area contributed by atoms with Gasteiger partial charge in [0.1, 0.15) is 22.8 Å². The van der Waals surface area contributed by atoms with Gasteiger partial charge in [0.2, 0.25) is 5.91 Å². The van der Waals surface area contributed by atoms with Crippen LogP contribution in [-0.2, 0) is 14.3 Å². The highest BCUT2D eigenvalue weighted by Gasteiger charge is 2.39. The van der Waals surface area contributed by atoms with E-state index in [4.69, 9.17) is 21.1 Å². The normalized spacial score (nSPS) is 18.2. The minimum Gasteiger partial charge on any atom is -0.347 e. The Morgan fingerprint density at radius 2 is 2.03 bits per heavy atom. The summed E-state index contributed by atoms with van der Waals surface area (Å²) in [6, 6.07) is 6.16. The molecule has 1 amide bonds. The first-order chi connectivity index (χ1) is 16.5. The lowest BCUT2D eigenvalue weighted by molar-refractivity contribution is -0.184. The lowest BCUT2D eigenvalue weighted by Gasteiger charge is -2.37. The zero-order chi connectivity index (χ0) is 23.5. The second-order valence-electron chi connectivity index (χ2n) is 8.11. The molecule has 3 aromatic rings. The number of ether oxygens (including phenoxy) is 2. The number of likely N-dealkylation sites (tertiary alicyclic amines) is 1. The molecule has 0 radical (unpaired) electrons. The van der Waals surface area contributed by atoms with Crippen molar-refractivity contribution in [3.8, 4) is 0 Å². The lowest BCUT2D eigenvalue weighted by Crippen LogP contribution is -2.45. The van der Waals surface area contributed by atoms with Gasteiger partial charge in [-0.15, -0.1) is 0 Å². The summed E-state index contributed by atoms with van der Waals surface area (Å²) in [6.45, 7) is 3.77. The first-order valence-electron chi connectivity index (χ1n) is 10.9. The molecule has 2 N–H and O–H groups in total. The lowest BCUT2D eigenvalue weighted by atomic mass is 10.0. The van der Waals surface area contributed by atoms with E-state index in [-0.39, 0.29) is 10.9 Å². The molecule has 1 spiro atoms. The van der Waals surface area contributed by atoms with Gasteiger partial charge >= 0.3 is 0 Å². The Morgan fingerprint density at radius 3 is 2.79 bits per heavy atom. The molecule has 34 heavy (non-hydrogen) atoms. The summed E-state index contributed by atoms with van der Waals surface area (Å²) in [6.07, 6.45) is 6.53. The average Bonchev–Trinajstić information content (AvgIpc) is 3.45. The summed E-state index contributed by atoms with van der Waals surface area (Å²) in [5.74, 6) is -0.554. The van der Waals surface area contributed by atoms with Gasteiger partial charge in [0.25, 0.3) is 0 Å². The van der Waals surface area contributed by atoms with E-state index in [0.717, 1.165) is 31.3 Å². The molecule has 178 valence electrons. The summed E-state index contributed by atoms with van der Waals surface area (Å²) in [5, 5.41) is 7.42. The molecular formula is C23H23ClFN5O3S. The highest BCUT2D eigenvalue weighted by Crippen LogP contribution is 2.34. The van der Waals surface area contributed by atoms with E-state index in [2.05, 4.69) is 25.5 Å². The number of fused-ring (bicyclic) bond motifs is 1. The van der Waals surface area contributed by atoms with Gasteiger partial charge in [0, 0.05) is 44.2 Å². The van der Waals surface area contributed by atoms with Crippen LogP contribution < -0.4 is 10.6 Å². The summed E-state index contributed by atoms with van der Waals surface area (Å²) in [4.78, 5) is 24.0. The van der Waals surface area contributed by atoms with Crippen molar-refractivity contribution in [3.05, 3.63) is 53.6 Å². The third kappa shape index (κ3) is 5.21. The molecule has 2 aliphatic rings. The van der Waals surface area contributed by atoms with Crippen LogP contribution in [0.25, 0.3) is 10.2 Å². The predicted octanol–water partition coefficient (Wildman–Crippen LogP) is 4.56. The minimum atomic E-state index is -0.491. The number of amides is 1. The third-order valence-electron chi connectivity index (χ3n) is 5.82. The number of anilines is 3. The molecule has 0 saturated carbocycles. The summed E-state index contributed by atoms with van der Waals surface area (Å²) in [5.41, 5.74) is 0.598. The zero-order valence-electron chi connectivity index (χ0n) is 18.2. The fraction of sp³-hybridized carbons (Fsp3) is 0.348. The summed E-state index contributed by atoms with van der Waals surface area (Å²) >= 11 is 7.21. The Morgan fingerprint density at radius 1 is 1.24 bits per heavy atom. The van der Waals surface area contributed by atoms with Gasteiger partial charge < -0.3 is 20.1 Å². The highest BCUT2D eigenvalue weighted by molar-refractivity contribution is 7.22. The van der Waals surface area contributed by atoms with Gasteiger partial charge in [-0.2, -0.15) is 0 Å². The van der Waals surface area contributed by atoms with Crippen molar-refractivity contribution >= 4 is 55.6 Å². The number of aromatic nitrogens is 2. The van der Waals surface area contributed by atoms with Crippen molar-refractivity contribution in [2.75, 3.05) is 43.5 Å². The van der Waals surface area contributed by atoms with E-state index in [9.17, 15) is 9.18 Å². The molecule has 2 saturated heterocycles. The largest absolute Gasteiger partial charge is 0.347 e. The van der Waals surface area contributed by atoms with Crippen LogP contribution in [0.15, 0.2) is 42.7 Å². The first-order valence-corrected chi connectivity index (χ1v) is 12.1. The number of thiophene rings is 1. The monoisotopic (exact) mass is 503 g/mol. The molecule has 0 aliphatic carbocycles. The van der Waals surface area contributed by atoms with Crippen molar-refractivity contribution in [1.82, 2.24) is 14.9 Å². The van der Waals surface area contributed by atoms with Crippen LogP contribution in [0.1, 0.15) is 12.8 Å². The molecule has 2 aliphatic heterocycles. The Kier molecular flexibility index (Phi) is 6.75. The fourth-order valence-corrected chi connectivity index (χ4v) is 5.14. The number of hydrogen-bond acceptors (Lipinski definition) is 8. The molecule has 11 heteroatoms. The van der Waals surface area contributed by atoms with E-state index in [1.165, 1.54) is 29.8 Å². The molecule has 2 fully saturated rings. The fourth-order valence-electron chi connectivity index (χ4n) is 4.06. The number of hydrogen-bond donors (Lipinski definition) is 2. The highest BCUT2D eigenvalue weighted by atomic mass is 35.5. The van der Waals surface area contributed by atoms with Gasteiger partial charge in [-0.3, -0.25) is 9.69 Å². The molecule has 2 aromatic heterocycles. The molecule has 8 nitrogen and oxygen atoms in total. The van der Waals surface area contributed by atoms with Gasteiger partial charge in [0.15, 0.2) is 5.79 Å². The van der Waals surface area contributed by atoms with Crippen molar-refractivity contribution < 1.29 is 18.7 Å². The van der Waals surface area contributed by atoms with Crippen molar-refractivity contribution in [3.63, 3.8) is 0 Å². The summed E-state index contributed by atoms with van der Waals surface area (Å²) < 4.78 is 24.9. The SMILES string of the molecule is O=C(/C=C/CN1CCC2(CC1)OCCO2)Nc1cc2c(Nc3ccc(F)c(Cl)c3)ncnc2s1. The summed E-state index contributed by atoms with van der Waals surface area (Å²) in [7, 11) is 0. The Bertz CT molecular complexity index is 1220. The van der Waals surface area contributed by atoms with Crippen molar-refractivity contribution in [1.29, 1.82) is 0 Å². The zero-order valence-corrected chi connectivity index (χ0v) is 19.8. The number of halogens is 2. The third-order valence-corrected chi connectivity index (χ3v) is 7.07. The maximum atomic E-state index is 13.4. The van der Waals surface area contributed by atoms with Crippen LogP contribution in [0.5, 0.6) is 0 Å². The maximum Gasteiger partial charge on any atom is 0.248 e. The van der Waals surface area contributed by atoms with E-state index >= 15 is 0 Å². The van der Waals surface area contributed by atoms with E-state index in [0.29, 0.717) is 41.1 Å². The molecular weight excluding hydrogens is 481 g/mol. The number of piperidine rings is 1. The van der Waals surface area contributed by atoms with E-state index in [1.807, 2.05) is 12.1 Å². The molecule has 0 unspecified atom stereocenters. The van der Waals surface area contributed by atoms with Gasteiger partial charge in [-0.1, -0.05) is 29.0 Å². The van der Waals surface area contributed by atoms with Crippen molar-refractivity contribution in [2.24, 2.45) is 0 Å². The topological polar surface area (TPSA) is 88.6 Å². The number of nitrogens with zero attached hydrogens (tertiary/aromatic N) is 3. The number of rotatable bonds is 6. The van der Waals surface area contributed by atoms with Crippen LogP contribution in [0, 0.1) is 5.82 Å². The molecule has 0 bridgehead atoms. The number of nitrogens with one attached hydrogen (secondary N) is 2. The predicted molar refractivity (Wildman–Crippen MR) is 130 cm³/mol. The smallest absolute Gasteiger partial charge is 0.248 e. The van der Waals surface area contributed by atoms with Gasteiger partial charge in [0.05, 0.1) is 28.6 Å². The number of carbonyl (C=O) groups is 1. The van der Waals surface area contributed by atoms with Gasteiger partial charge in [-0.05, 0) is 24.3 Å². The number of carbonyl (C=O) groups excluding carboxylic acids is 1. The molecule has 4 heterocycles. The van der Waals surface area contributed by atoms with Crippen LogP contribution in [0.3, 0.4) is 0 Å². The second-order valence-corrected chi connectivity index (χ2v) is 9.54. The first kappa shape index (κ1) is 23.1. The Labute approximate surface area is 204 Å². The average molecular weight is 504 g/mol. The van der Waals surface area contributed by atoms with Crippen molar-refractivity contribution in [2.45, 2.75) is 18.6 Å². The van der Waals surface area contributed by atoms with E-state index < -0.39 is 11.6 Å². The Hall–Kier alpha value is -2.63. The second kappa shape index (κ2) is 9.93. The molecule has 0 atom stereocenters. The van der Waals surface area contributed by atoms with E-state index in [1.54, 1.807) is 12.1 Å². The van der Waals surface area contributed by atoms with Gasteiger partial charge in [-0.25, -0.2) is 14.4 Å². The number of benzene rings is 1. The standard InChI is InChI=1S/C23H23ClFN5O3S/c24-17-12-15(3-4-18(17)25)28-21-16-13-20(34-22(16)27-14-26-21)29-19(31)2-1-7-30-8-5-23(6-9-30)32-10-11-33-23/h1-4,12-14H,5-11H2,(H,29,31)(H,26,27,28)/b2-1+. The minimum absolute atomic E-state index is 0.0182. The van der Waals surface area contributed by atoms with Crippen LogP contribution in [-0.4, -0.2) is 59.4 Å². The van der Waals surface area contributed by atoms with Crippen LogP contribution >= 0.6 is 22.9 Å². The quantitative estimate of drug-likeness (QED) is 0.477. The van der Waals surface area contributed by atoms with Crippen LogP contribution in [0.2, 0.25) is 5.02 Å². The Balaban J connectivity index is 1.18. The van der Waals surface area contributed by atoms with Crippen LogP contribution in [0.4, 0.5) is 20.9 Å². The molecule has 5 rings (SSSR count). The molecule has 1 aromatic carbocycles. The maximum absolute atomic E-state index is 13.4.